The first-order chi connectivity index (χ1) is 14.0. The van der Waals surface area contributed by atoms with Crippen molar-refractivity contribution in [2.45, 2.75) is 13.8 Å². The lowest BCUT2D eigenvalue weighted by molar-refractivity contribution is -0.666. The fourth-order valence-electron chi connectivity index (χ4n) is 3.64. The number of aromatic nitrogens is 2. The molecule has 4 heteroatoms. The number of hydrogen-bond acceptors (Lipinski definition) is 1. The lowest BCUT2D eigenvalue weighted by atomic mass is 9.98. The van der Waals surface area contributed by atoms with Gasteiger partial charge in [-0.2, -0.15) is 4.57 Å². The smallest absolute Gasteiger partial charge is 0.234 e. The average molecular weight is 387 g/mol. The number of aryl methyl sites for hydroxylation is 1. The Kier molecular flexibility index (Phi) is 4.93. The maximum atomic E-state index is 13.9. The molecule has 0 bridgehead atoms. The van der Waals surface area contributed by atoms with Crippen molar-refractivity contribution in [3.63, 3.8) is 0 Å². The molecular formula is C25H21F2N2+. The Bertz CT molecular complexity index is 1180. The number of benzene rings is 3. The fraction of sp³-hybridized carbons (Fsp3) is 0.120. The highest BCUT2D eigenvalue weighted by molar-refractivity contribution is 5.79. The zero-order valence-electron chi connectivity index (χ0n) is 16.6. The monoisotopic (exact) mass is 387 g/mol. The van der Waals surface area contributed by atoms with Crippen LogP contribution in [0.2, 0.25) is 0 Å². The molecule has 0 amide bonds. The van der Waals surface area contributed by atoms with Gasteiger partial charge in [0.1, 0.15) is 30.1 Å². The van der Waals surface area contributed by atoms with Crippen molar-refractivity contribution >= 4 is 0 Å². The zero-order valence-corrected chi connectivity index (χ0v) is 16.6. The van der Waals surface area contributed by atoms with Gasteiger partial charge in [-0.05, 0) is 30.7 Å². The van der Waals surface area contributed by atoms with Gasteiger partial charge in [-0.15, -0.1) is 0 Å². The summed E-state index contributed by atoms with van der Waals surface area (Å²) >= 11 is 0. The average Bonchev–Trinajstić information content (AvgIpc) is 2.70. The van der Waals surface area contributed by atoms with Gasteiger partial charge in [0.2, 0.25) is 11.4 Å². The van der Waals surface area contributed by atoms with E-state index in [9.17, 15) is 8.78 Å². The van der Waals surface area contributed by atoms with Crippen LogP contribution in [0.4, 0.5) is 8.78 Å². The third-order valence-electron chi connectivity index (χ3n) is 5.21. The molecule has 4 rings (SSSR count). The van der Waals surface area contributed by atoms with E-state index in [1.807, 2.05) is 56.4 Å². The summed E-state index contributed by atoms with van der Waals surface area (Å²) < 4.78 is 29.8. The molecule has 4 aromatic rings. The molecule has 0 fully saturated rings. The van der Waals surface area contributed by atoms with Crippen molar-refractivity contribution in [2.24, 2.45) is 7.05 Å². The first-order valence-electron chi connectivity index (χ1n) is 9.44. The molecule has 0 radical (unpaired) electrons. The molecule has 144 valence electrons. The van der Waals surface area contributed by atoms with Gasteiger partial charge in [-0.3, -0.25) is 0 Å². The van der Waals surface area contributed by atoms with E-state index < -0.39 is 11.6 Å². The van der Waals surface area contributed by atoms with Gasteiger partial charge in [0, 0.05) is 24.1 Å². The number of nitrogens with zero attached hydrogens (tertiary/aromatic N) is 2. The minimum atomic E-state index is -0.618. The van der Waals surface area contributed by atoms with E-state index in [1.54, 1.807) is 0 Å². The van der Waals surface area contributed by atoms with Gasteiger partial charge in [0.25, 0.3) is 0 Å². The normalized spacial score (nSPS) is 10.9. The second kappa shape index (κ2) is 7.55. The number of halogens is 2. The number of hydrogen-bond donors (Lipinski definition) is 0. The predicted octanol–water partition coefficient (Wildman–Crippen LogP) is 5.80. The second-order valence-electron chi connectivity index (χ2n) is 7.14. The molecule has 0 N–H and O–H groups in total. The topological polar surface area (TPSA) is 16.8 Å². The van der Waals surface area contributed by atoms with Crippen molar-refractivity contribution in [2.75, 3.05) is 0 Å². The van der Waals surface area contributed by atoms with Crippen LogP contribution in [0.1, 0.15) is 11.3 Å². The summed E-state index contributed by atoms with van der Waals surface area (Å²) in [6, 6.07) is 21.5. The first-order valence-corrected chi connectivity index (χ1v) is 9.44. The molecule has 0 saturated heterocycles. The Labute approximate surface area is 169 Å². The summed E-state index contributed by atoms with van der Waals surface area (Å²) in [5.74, 6) is -1.24. The molecule has 0 unspecified atom stereocenters. The van der Waals surface area contributed by atoms with Crippen LogP contribution < -0.4 is 4.57 Å². The van der Waals surface area contributed by atoms with Gasteiger partial charge < -0.3 is 0 Å². The van der Waals surface area contributed by atoms with E-state index in [2.05, 4.69) is 23.6 Å². The van der Waals surface area contributed by atoms with Gasteiger partial charge in [-0.1, -0.05) is 48.5 Å². The zero-order chi connectivity index (χ0) is 20.5. The van der Waals surface area contributed by atoms with E-state index in [1.165, 1.54) is 12.1 Å². The van der Waals surface area contributed by atoms with Crippen LogP contribution in [0, 0.1) is 25.5 Å². The van der Waals surface area contributed by atoms with E-state index in [4.69, 9.17) is 4.98 Å². The van der Waals surface area contributed by atoms with Crippen LogP contribution >= 0.6 is 0 Å². The third-order valence-corrected chi connectivity index (χ3v) is 5.21. The third kappa shape index (κ3) is 3.54. The highest BCUT2D eigenvalue weighted by atomic mass is 19.1. The van der Waals surface area contributed by atoms with Crippen LogP contribution in [0.5, 0.6) is 0 Å². The quantitative estimate of drug-likeness (QED) is 0.406. The van der Waals surface area contributed by atoms with Crippen molar-refractivity contribution < 1.29 is 13.3 Å². The summed E-state index contributed by atoms with van der Waals surface area (Å²) in [4.78, 5) is 4.92. The maximum Gasteiger partial charge on any atom is 0.239 e. The fourth-order valence-corrected chi connectivity index (χ4v) is 3.64. The van der Waals surface area contributed by atoms with Gasteiger partial charge >= 0.3 is 0 Å². The van der Waals surface area contributed by atoms with E-state index in [-0.39, 0.29) is 0 Å². The summed E-state index contributed by atoms with van der Waals surface area (Å²) in [7, 11) is 1.96. The van der Waals surface area contributed by atoms with E-state index in [0.29, 0.717) is 11.3 Å². The largest absolute Gasteiger partial charge is 0.239 e. The van der Waals surface area contributed by atoms with Gasteiger partial charge in [0.05, 0.1) is 5.56 Å². The molecule has 1 heterocycles. The van der Waals surface area contributed by atoms with Crippen LogP contribution in [0.15, 0.2) is 72.8 Å². The summed E-state index contributed by atoms with van der Waals surface area (Å²) in [5.41, 5.74) is 6.69. The molecule has 0 aliphatic carbocycles. The SMILES string of the molecule is Cc1ccccc1-c1c(-c2ccccc2)nc(-c2cc(F)cc(F)c2)c(C)[n+]1C. The van der Waals surface area contributed by atoms with Crippen LogP contribution in [0.25, 0.3) is 33.8 Å². The lowest BCUT2D eigenvalue weighted by Gasteiger charge is -2.14. The molecule has 0 aliphatic rings. The highest BCUT2D eigenvalue weighted by Crippen LogP contribution is 2.33. The molecule has 2 nitrogen and oxygen atoms in total. The molecule has 0 atom stereocenters. The van der Waals surface area contributed by atoms with E-state index >= 15 is 0 Å². The lowest BCUT2D eigenvalue weighted by Crippen LogP contribution is -2.37. The molecule has 0 spiro atoms. The van der Waals surface area contributed by atoms with Gasteiger partial charge in [-0.25, -0.2) is 13.8 Å². The van der Waals surface area contributed by atoms with E-state index in [0.717, 1.165) is 39.8 Å². The highest BCUT2D eigenvalue weighted by Gasteiger charge is 2.26. The molecule has 0 aliphatic heterocycles. The Morgan fingerprint density at radius 1 is 0.724 bits per heavy atom. The van der Waals surface area contributed by atoms with Crippen molar-refractivity contribution in [1.82, 2.24) is 4.98 Å². The molecular weight excluding hydrogens is 366 g/mol. The summed E-state index contributed by atoms with van der Waals surface area (Å²) in [6.07, 6.45) is 0. The molecule has 3 aromatic carbocycles. The first kappa shape index (κ1) is 18.9. The second-order valence-corrected chi connectivity index (χ2v) is 7.14. The summed E-state index contributed by atoms with van der Waals surface area (Å²) in [6.45, 7) is 3.98. The predicted molar refractivity (Wildman–Crippen MR) is 111 cm³/mol. The number of rotatable bonds is 3. The van der Waals surface area contributed by atoms with Crippen molar-refractivity contribution in [3.8, 4) is 33.8 Å². The minimum Gasteiger partial charge on any atom is -0.234 e. The Morgan fingerprint density at radius 3 is 2.00 bits per heavy atom. The maximum absolute atomic E-state index is 13.9. The molecule has 29 heavy (non-hydrogen) atoms. The molecule has 0 saturated carbocycles. The van der Waals surface area contributed by atoms with Gasteiger partial charge in [0.15, 0.2) is 0 Å². The van der Waals surface area contributed by atoms with Crippen LogP contribution in [-0.2, 0) is 7.05 Å². The summed E-state index contributed by atoms with van der Waals surface area (Å²) in [5, 5.41) is 0. The van der Waals surface area contributed by atoms with Crippen molar-refractivity contribution in [3.05, 3.63) is 95.7 Å². The Morgan fingerprint density at radius 2 is 1.34 bits per heavy atom. The molecule has 1 aromatic heterocycles. The van der Waals surface area contributed by atoms with Crippen LogP contribution in [-0.4, -0.2) is 4.98 Å². The Hall–Kier alpha value is -3.40. The Balaban J connectivity index is 2.08. The standard InChI is InChI=1S/C25H21F2N2/c1-16-9-7-8-12-22(16)25-24(18-10-5-4-6-11-18)28-23(17(2)29(25)3)19-13-20(26)15-21(27)14-19/h4-15H,1-3H3/q+1. The van der Waals surface area contributed by atoms with Crippen LogP contribution in [0.3, 0.4) is 0 Å². The van der Waals surface area contributed by atoms with Crippen molar-refractivity contribution in [1.29, 1.82) is 0 Å². The minimum absolute atomic E-state index is 0.420.